The van der Waals surface area contributed by atoms with E-state index >= 15 is 0 Å². The van der Waals surface area contributed by atoms with E-state index in [-0.39, 0.29) is 17.4 Å². The Morgan fingerprint density at radius 1 is 1.16 bits per heavy atom. The van der Waals surface area contributed by atoms with E-state index in [9.17, 15) is 14.7 Å². The molecule has 9 heteroatoms. The standard InChI is InChI=1S/C28H21ClN2O5S/c1-14-10-17-11-16(6-9-21(17)36-14)25(32)23-24(15-4-3-5-19(12-15)35-2)31(27(34)26(23)33)28-30-20-8-7-18(29)13-22(20)37-28/h3-9,11-14,24,32H,10H2,1-2H3/b25-23+/t14-,24+/m0/s1. The van der Waals surface area contributed by atoms with E-state index in [4.69, 9.17) is 21.1 Å². The van der Waals surface area contributed by atoms with Crippen molar-refractivity contribution in [2.75, 3.05) is 12.0 Å². The molecule has 0 bridgehead atoms. The predicted molar refractivity (Wildman–Crippen MR) is 143 cm³/mol. The summed E-state index contributed by atoms with van der Waals surface area (Å²) in [5.41, 5.74) is 2.63. The van der Waals surface area contributed by atoms with Crippen molar-refractivity contribution in [2.24, 2.45) is 0 Å². The van der Waals surface area contributed by atoms with Gasteiger partial charge in [0.2, 0.25) is 0 Å². The summed E-state index contributed by atoms with van der Waals surface area (Å²) in [6, 6.07) is 16.7. The summed E-state index contributed by atoms with van der Waals surface area (Å²) in [7, 11) is 1.54. The molecule has 0 spiro atoms. The largest absolute Gasteiger partial charge is 0.507 e. The number of halogens is 1. The molecule has 7 nitrogen and oxygen atoms in total. The van der Waals surface area contributed by atoms with Crippen LogP contribution < -0.4 is 14.4 Å². The third-order valence-electron chi connectivity index (χ3n) is 6.57. The number of fused-ring (bicyclic) bond motifs is 2. The van der Waals surface area contributed by atoms with E-state index in [0.717, 1.165) is 16.0 Å². The lowest BCUT2D eigenvalue weighted by Crippen LogP contribution is -2.29. The molecular formula is C28H21ClN2O5S. The van der Waals surface area contributed by atoms with Gasteiger partial charge in [-0.15, -0.1) is 0 Å². The second-order valence-corrected chi connectivity index (χ2v) is 10.5. The topological polar surface area (TPSA) is 89.0 Å². The lowest BCUT2D eigenvalue weighted by Gasteiger charge is -2.23. The van der Waals surface area contributed by atoms with Crippen LogP contribution in [0.1, 0.15) is 29.7 Å². The summed E-state index contributed by atoms with van der Waals surface area (Å²) in [6.07, 6.45) is 0.723. The first-order valence-corrected chi connectivity index (χ1v) is 12.8. The van der Waals surface area contributed by atoms with Gasteiger partial charge in [-0.2, -0.15) is 0 Å². The van der Waals surface area contributed by atoms with Crippen LogP contribution in [0.15, 0.2) is 66.2 Å². The summed E-state index contributed by atoms with van der Waals surface area (Å²) in [6.45, 7) is 1.97. The number of ether oxygens (including phenoxy) is 2. The zero-order chi connectivity index (χ0) is 25.8. The van der Waals surface area contributed by atoms with Gasteiger partial charge in [0.1, 0.15) is 23.4 Å². The van der Waals surface area contributed by atoms with Crippen LogP contribution in [0.2, 0.25) is 5.02 Å². The molecule has 2 aliphatic heterocycles. The molecule has 3 aromatic carbocycles. The number of thiazole rings is 1. The van der Waals surface area contributed by atoms with Crippen molar-refractivity contribution in [1.29, 1.82) is 0 Å². The van der Waals surface area contributed by atoms with Gasteiger partial charge in [0, 0.05) is 17.0 Å². The first kappa shape index (κ1) is 23.5. The summed E-state index contributed by atoms with van der Waals surface area (Å²) >= 11 is 7.41. The second kappa shape index (κ2) is 8.90. The highest BCUT2D eigenvalue weighted by Crippen LogP contribution is 2.45. The number of carbonyl (C=O) groups excluding carboxylic acids is 2. The first-order chi connectivity index (χ1) is 17.8. The number of aliphatic hydroxyl groups is 1. The predicted octanol–water partition coefficient (Wildman–Crippen LogP) is 5.91. The van der Waals surface area contributed by atoms with Gasteiger partial charge < -0.3 is 14.6 Å². The van der Waals surface area contributed by atoms with Gasteiger partial charge >= 0.3 is 5.91 Å². The van der Waals surface area contributed by atoms with E-state index in [1.165, 1.54) is 16.2 Å². The van der Waals surface area contributed by atoms with Crippen LogP contribution in [0.4, 0.5) is 5.13 Å². The molecule has 0 unspecified atom stereocenters. The highest BCUT2D eigenvalue weighted by atomic mass is 35.5. The van der Waals surface area contributed by atoms with Gasteiger partial charge in [-0.25, -0.2) is 4.98 Å². The zero-order valence-electron chi connectivity index (χ0n) is 19.9. The van der Waals surface area contributed by atoms with Crippen molar-refractivity contribution in [2.45, 2.75) is 25.5 Å². The number of aliphatic hydroxyl groups excluding tert-OH is 1. The number of hydrogen-bond acceptors (Lipinski definition) is 7. The fourth-order valence-corrected chi connectivity index (χ4v) is 6.14. The molecule has 3 heterocycles. The van der Waals surface area contributed by atoms with Crippen LogP contribution in [-0.2, 0) is 16.0 Å². The maximum absolute atomic E-state index is 13.5. The van der Waals surface area contributed by atoms with Crippen molar-refractivity contribution in [1.82, 2.24) is 4.98 Å². The Morgan fingerprint density at radius 2 is 2.00 bits per heavy atom. The van der Waals surface area contributed by atoms with Gasteiger partial charge in [0.15, 0.2) is 5.13 Å². The van der Waals surface area contributed by atoms with E-state index in [0.29, 0.717) is 39.0 Å². The highest BCUT2D eigenvalue weighted by Gasteiger charge is 2.48. The van der Waals surface area contributed by atoms with Crippen LogP contribution in [0.25, 0.3) is 16.0 Å². The molecule has 1 saturated heterocycles. The second-order valence-electron chi connectivity index (χ2n) is 9.01. The van der Waals surface area contributed by atoms with Gasteiger partial charge in [0.05, 0.1) is 28.9 Å². The summed E-state index contributed by atoms with van der Waals surface area (Å²) in [5, 5.41) is 12.4. The normalized spacial score (nSPS) is 20.4. The molecule has 1 N–H and O–H groups in total. The van der Waals surface area contributed by atoms with Crippen LogP contribution in [0.3, 0.4) is 0 Å². The number of nitrogens with zero attached hydrogens (tertiary/aromatic N) is 2. The van der Waals surface area contributed by atoms with E-state index < -0.39 is 17.7 Å². The molecular weight excluding hydrogens is 512 g/mol. The first-order valence-electron chi connectivity index (χ1n) is 11.6. The van der Waals surface area contributed by atoms with E-state index in [1.54, 1.807) is 61.7 Å². The van der Waals surface area contributed by atoms with Crippen LogP contribution in [0.5, 0.6) is 11.5 Å². The van der Waals surface area contributed by atoms with Crippen molar-refractivity contribution in [3.63, 3.8) is 0 Å². The summed E-state index contributed by atoms with van der Waals surface area (Å²) < 4.78 is 12.0. The smallest absolute Gasteiger partial charge is 0.301 e. The minimum Gasteiger partial charge on any atom is -0.507 e. The Balaban J connectivity index is 1.54. The number of Topliss-reactive ketones (excluding diaryl/α,β-unsaturated/α-hetero) is 1. The molecule has 4 aromatic rings. The fraction of sp³-hybridized carbons (Fsp3) is 0.179. The Bertz CT molecular complexity index is 1630. The Labute approximate surface area is 221 Å². The number of rotatable bonds is 4. The lowest BCUT2D eigenvalue weighted by molar-refractivity contribution is -0.132. The maximum Gasteiger partial charge on any atom is 0.301 e. The van der Waals surface area contributed by atoms with E-state index in [1.807, 2.05) is 13.0 Å². The zero-order valence-corrected chi connectivity index (χ0v) is 21.5. The third-order valence-corrected chi connectivity index (χ3v) is 7.82. The van der Waals surface area contributed by atoms with Crippen molar-refractivity contribution in [3.05, 3.63) is 87.9 Å². The molecule has 186 valence electrons. The Hall–Kier alpha value is -3.88. The molecule has 0 saturated carbocycles. The minimum atomic E-state index is -0.908. The maximum atomic E-state index is 13.5. The number of benzene rings is 3. The molecule has 2 aliphatic rings. The SMILES string of the molecule is COc1cccc([C@@H]2/C(=C(\O)c3ccc4c(c3)C[C@H](C)O4)C(=O)C(=O)N2c2nc3ccc(Cl)cc3s2)c1. The quantitative estimate of drug-likeness (QED) is 0.200. The Kier molecular flexibility index (Phi) is 5.66. The van der Waals surface area contributed by atoms with Crippen molar-refractivity contribution >= 4 is 55.7 Å². The highest BCUT2D eigenvalue weighted by molar-refractivity contribution is 7.22. The molecule has 2 atom stereocenters. The average molecular weight is 533 g/mol. The van der Waals surface area contributed by atoms with Crippen LogP contribution >= 0.6 is 22.9 Å². The summed E-state index contributed by atoms with van der Waals surface area (Å²) in [4.78, 5) is 32.9. The molecule has 1 fully saturated rings. The Morgan fingerprint density at radius 3 is 2.81 bits per heavy atom. The van der Waals surface area contributed by atoms with Crippen LogP contribution in [0, 0.1) is 0 Å². The number of aromatic nitrogens is 1. The molecule has 0 aliphatic carbocycles. The monoisotopic (exact) mass is 532 g/mol. The number of amides is 1. The molecule has 37 heavy (non-hydrogen) atoms. The molecule has 6 rings (SSSR count). The van der Waals surface area contributed by atoms with E-state index in [2.05, 4.69) is 4.98 Å². The number of hydrogen-bond donors (Lipinski definition) is 1. The number of carbonyl (C=O) groups is 2. The fourth-order valence-electron chi connectivity index (χ4n) is 4.87. The number of anilines is 1. The molecule has 1 amide bonds. The number of methoxy groups -OCH3 is 1. The van der Waals surface area contributed by atoms with Crippen LogP contribution in [-0.4, -0.2) is 35.0 Å². The van der Waals surface area contributed by atoms with Crippen molar-refractivity contribution in [3.8, 4) is 11.5 Å². The van der Waals surface area contributed by atoms with Gasteiger partial charge in [-0.05, 0) is 66.6 Å². The number of ketones is 1. The lowest BCUT2D eigenvalue weighted by atomic mass is 9.94. The third kappa shape index (κ3) is 3.93. The average Bonchev–Trinajstić information content (AvgIpc) is 3.55. The molecule has 1 aromatic heterocycles. The van der Waals surface area contributed by atoms with Gasteiger partial charge in [0.25, 0.3) is 5.78 Å². The van der Waals surface area contributed by atoms with Gasteiger partial charge in [-0.1, -0.05) is 35.1 Å². The van der Waals surface area contributed by atoms with Gasteiger partial charge in [-0.3, -0.25) is 14.5 Å². The summed E-state index contributed by atoms with van der Waals surface area (Å²) in [5.74, 6) is -0.490. The molecule has 0 radical (unpaired) electrons. The minimum absolute atomic E-state index is 0.0116. The van der Waals surface area contributed by atoms with Crippen molar-refractivity contribution < 1.29 is 24.2 Å².